The lowest BCUT2D eigenvalue weighted by molar-refractivity contribution is -0.0103. The van der Waals surface area contributed by atoms with Crippen molar-refractivity contribution in [2.45, 2.75) is 77.6 Å². The van der Waals surface area contributed by atoms with Crippen LogP contribution in [0.1, 0.15) is 53.4 Å². The maximum Gasteiger partial charge on any atom is 0.0728 e. The van der Waals surface area contributed by atoms with Crippen LogP contribution in [0.3, 0.4) is 0 Å². The topological polar surface area (TPSA) is 24.5 Å². The van der Waals surface area contributed by atoms with Crippen molar-refractivity contribution >= 4 is 0 Å². The summed E-state index contributed by atoms with van der Waals surface area (Å²) in [6, 6.07) is 1.90. The summed E-state index contributed by atoms with van der Waals surface area (Å²) in [4.78, 5) is 2.73. The van der Waals surface area contributed by atoms with Crippen molar-refractivity contribution in [1.29, 1.82) is 0 Å². The zero-order chi connectivity index (χ0) is 13.8. The molecule has 5 unspecified atom stereocenters. The summed E-state index contributed by atoms with van der Waals surface area (Å²) in [7, 11) is 0. The molecule has 0 saturated carbocycles. The Bertz CT molecular complexity index is 265. The molecule has 2 heterocycles. The van der Waals surface area contributed by atoms with Crippen LogP contribution < -0.4 is 5.32 Å². The first kappa shape index (κ1) is 15.3. The van der Waals surface area contributed by atoms with Gasteiger partial charge in [-0.2, -0.15) is 0 Å². The number of ether oxygens (including phenoxy) is 1. The van der Waals surface area contributed by atoms with E-state index in [0.717, 1.165) is 19.1 Å². The second-order valence-corrected chi connectivity index (χ2v) is 6.45. The van der Waals surface area contributed by atoms with Gasteiger partial charge in [-0.25, -0.2) is 0 Å². The molecule has 5 atom stereocenters. The van der Waals surface area contributed by atoms with E-state index in [1.54, 1.807) is 0 Å². The smallest absolute Gasteiger partial charge is 0.0728 e. The molecule has 0 aromatic rings. The molecule has 1 N–H and O–H groups in total. The molecule has 3 nitrogen and oxygen atoms in total. The molecule has 0 aromatic heterocycles. The number of nitrogens with zero attached hydrogens (tertiary/aromatic N) is 1. The molecule has 0 aromatic carbocycles. The molecule has 19 heavy (non-hydrogen) atoms. The van der Waals surface area contributed by atoms with Crippen molar-refractivity contribution in [3.63, 3.8) is 0 Å². The predicted molar refractivity (Wildman–Crippen MR) is 80.5 cm³/mol. The first-order chi connectivity index (χ1) is 9.17. The van der Waals surface area contributed by atoms with Crippen LogP contribution in [-0.2, 0) is 4.74 Å². The fourth-order valence-electron chi connectivity index (χ4n) is 3.59. The molecule has 2 rings (SSSR count). The van der Waals surface area contributed by atoms with Gasteiger partial charge in [-0.15, -0.1) is 0 Å². The van der Waals surface area contributed by atoms with Gasteiger partial charge in [0.2, 0.25) is 0 Å². The summed E-state index contributed by atoms with van der Waals surface area (Å²) in [6.07, 6.45) is 5.44. The molecule has 2 saturated heterocycles. The molecule has 0 amide bonds. The van der Waals surface area contributed by atoms with Gasteiger partial charge >= 0.3 is 0 Å². The van der Waals surface area contributed by atoms with Gasteiger partial charge in [-0.05, 0) is 32.1 Å². The van der Waals surface area contributed by atoms with E-state index in [9.17, 15) is 0 Å². The van der Waals surface area contributed by atoms with E-state index < -0.39 is 0 Å². The van der Waals surface area contributed by atoms with Crippen molar-refractivity contribution in [1.82, 2.24) is 10.2 Å². The van der Waals surface area contributed by atoms with Gasteiger partial charge in [0.15, 0.2) is 0 Å². The lowest BCUT2D eigenvalue weighted by atomic mass is 9.93. The Morgan fingerprint density at radius 3 is 2.68 bits per heavy atom. The standard InChI is InChI=1S/C16H32N2O/c1-5-12(3)15-11-18(14(6-2)10-17-15)13(4)16-8-7-9-19-16/h12-17H,5-11H2,1-4H3. The Morgan fingerprint density at radius 2 is 2.11 bits per heavy atom. The van der Waals surface area contributed by atoms with Gasteiger partial charge in [-0.1, -0.05) is 27.2 Å². The van der Waals surface area contributed by atoms with Crippen LogP contribution in [0.5, 0.6) is 0 Å². The molecular weight excluding hydrogens is 236 g/mol. The minimum atomic E-state index is 0.463. The van der Waals surface area contributed by atoms with Gasteiger partial charge in [0.1, 0.15) is 0 Å². The molecule has 0 spiro atoms. The van der Waals surface area contributed by atoms with Gasteiger partial charge in [-0.3, -0.25) is 4.90 Å². The minimum absolute atomic E-state index is 0.463. The minimum Gasteiger partial charge on any atom is -0.377 e. The van der Waals surface area contributed by atoms with Crippen molar-refractivity contribution in [2.75, 3.05) is 19.7 Å². The summed E-state index contributed by atoms with van der Waals surface area (Å²) in [5.74, 6) is 0.761. The summed E-state index contributed by atoms with van der Waals surface area (Å²) in [5.41, 5.74) is 0. The Balaban J connectivity index is 2.00. The Kier molecular flexibility index (Phi) is 5.67. The second kappa shape index (κ2) is 7.05. The fraction of sp³-hybridized carbons (Fsp3) is 1.00. The van der Waals surface area contributed by atoms with Crippen LogP contribution in [0.4, 0.5) is 0 Å². The largest absolute Gasteiger partial charge is 0.377 e. The third-order valence-corrected chi connectivity index (χ3v) is 5.32. The van der Waals surface area contributed by atoms with Crippen molar-refractivity contribution in [3.05, 3.63) is 0 Å². The summed E-state index contributed by atoms with van der Waals surface area (Å²) in [6.45, 7) is 12.7. The van der Waals surface area contributed by atoms with E-state index in [2.05, 4.69) is 37.9 Å². The summed E-state index contributed by atoms with van der Waals surface area (Å²) >= 11 is 0. The highest BCUT2D eigenvalue weighted by atomic mass is 16.5. The molecule has 0 aliphatic carbocycles. The van der Waals surface area contributed by atoms with Crippen LogP contribution in [0.2, 0.25) is 0 Å². The molecule has 112 valence electrons. The highest BCUT2D eigenvalue weighted by Crippen LogP contribution is 2.25. The average molecular weight is 268 g/mol. The van der Waals surface area contributed by atoms with Crippen LogP contribution in [0.15, 0.2) is 0 Å². The van der Waals surface area contributed by atoms with E-state index >= 15 is 0 Å². The van der Waals surface area contributed by atoms with Gasteiger partial charge in [0.05, 0.1) is 6.10 Å². The maximum atomic E-state index is 5.92. The number of hydrogen-bond acceptors (Lipinski definition) is 3. The van der Waals surface area contributed by atoms with Crippen LogP contribution in [-0.4, -0.2) is 48.8 Å². The first-order valence-corrected chi connectivity index (χ1v) is 8.28. The highest BCUT2D eigenvalue weighted by molar-refractivity contribution is 4.92. The monoisotopic (exact) mass is 268 g/mol. The van der Waals surface area contributed by atoms with Gasteiger partial charge in [0.25, 0.3) is 0 Å². The molecule has 2 aliphatic rings. The number of piperazine rings is 1. The van der Waals surface area contributed by atoms with E-state index in [1.807, 2.05) is 0 Å². The van der Waals surface area contributed by atoms with Crippen LogP contribution >= 0.6 is 0 Å². The predicted octanol–water partition coefficient (Wildman–Crippen LogP) is 2.65. The quantitative estimate of drug-likeness (QED) is 0.829. The normalized spacial score (nSPS) is 36.3. The van der Waals surface area contributed by atoms with Crippen molar-refractivity contribution in [2.24, 2.45) is 5.92 Å². The average Bonchev–Trinajstić information content (AvgIpc) is 2.99. The Morgan fingerprint density at radius 1 is 1.32 bits per heavy atom. The van der Waals surface area contributed by atoms with E-state index in [-0.39, 0.29) is 0 Å². The number of hydrogen-bond donors (Lipinski definition) is 1. The van der Waals surface area contributed by atoms with Crippen molar-refractivity contribution in [3.8, 4) is 0 Å². The third kappa shape index (κ3) is 3.50. The van der Waals surface area contributed by atoms with Crippen LogP contribution in [0.25, 0.3) is 0 Å². The summed E-state index contributed by atoms with van der Waals surface area (Å²) in [5, 5.41) is 3.76. The Hall–Kier alpha value is -0.120. The van der Waals surface area contributed by atoms with E-state index in [1.165, 1.54) is 32.2 Å². The summed E-state index contributed by atoms with van der Waals surface area (Å²) < 4.78 is 5.92. The van der Waals surface area contributed by atoms with Crippen molar-refractivity contribution < 1.29 is 4.74 Å². The van der Waals surface area contributed by atoms with Gasteiger partial charge in [0, 0.05) is 37.8 Å². The number of nitrogens with one attached hydrogen (secondary N) is 1. The molecule has 0 bridgehead atoms. The van der Waals surface area contributed by atoms with Gasteiger partial charge < -0.3 is 10.1 Å². The zero-order valence-electron chi connectivity index (χ0n) is 13.2. The molecule has 3 heteroatoms. The van der Waals surface area contributed by atoms with E-state index in [4.69, 9.17) is 4.74 Å². The zero-order valence-corrected chi connectivity index (χ0v) is 13.2. The van der Waals surface area contributed by atoms with E-state index in [0.29, 0.717) is 24.2 Å². The fourth-order valence-corrected chi connectivity index (χ4v) is 3.59. The molecule has 0 radical (unpaired) electrons. The molecular formula is C16H32N2O. The maximum absolute atomic E-state index is 5.92. The third-order valence-electron chi connectivity index (χ3n) is 5.32. The second-order valence-electron chi connectivity index (χ2n) is 6.45. The SMILES string of the molecule is CCC(C)C1CN(C(C)C2CCCO2)C(CC)CN1. The lowest BCUT2D eigenvalue weighted by Gasteiger charge is -2.46. The van der Waals surface area contributed by atoms with Crippen LogP contribution in [0, 0.1) is 5.92 Å². The highest BCUT2D eigenvalue weighted by Gasteiger charge is 2.36. The molecule has 2 fully saturated rings. The Labute approximate surface area is 119 Å². The number of rotatable bonds is 5. The molecule has 2 aliphatic heterocycles. The lowest BCUT2D eigenvalue weighted by Crippen LogP contribution is -2.62. The first-order valence-electron chi connectivity index (χ1n) is 8.28.